The predicted molar refractivity (Wildman–Crippen MR) is 143 cm³/mol. The summed E-state index contributed by atoms with van der Waals surface area (Å²) in [6, 6.07) is 11.2. The van der Waals surface area contributed by atoms with Gasteiger partial charge in [0.15, 0.2) is 18.2 Å². The van der Waals surface area contributed by atoms with Crippen LogP contribution in [0.1, 0.15) is 55.6 Å². The molecule has 1 aliphatic heterocycles. The van der Waals surface area contributed by atoms with Gasteiger partial charge in [0.05, 0.1) is 10.4 Å². The van der Waals surface area contributed by atoms with Crippen LogP contribution in [0.25, 0.3) is 0 Å². The fraction of sp³-hybridized carbons (Fsp3) is 0.321. The Morgan fingerprint density at radius 3 is 2.31 bits per heavy atom. The molecule has 0 unspecified atom stereocenters. The predicted octanol–water partition coefficient (Wildman–Crippen LogP) is 6.67. The van der Waals surface area contributed by atoms with Gasteiger partial charge in [0.1, 0.15) is 17.3 Å². The van der Waals surface area contributed by atoms with Gasteiger partial charge in [0.25, 0.3) is 5.91 Å². The molecule has 0 aromatic heterocycles. The molecule has 0 atom stereocenters. The fourth-order valence-corrected chi connectivity index (χ4v) is 6.51. The van der Waals surface area contributed by atoms with Crippen molar-refractivity contribution in [3.8, 4) is 5.75 Å². The number of hydrogen-bond donors (Lipinski definition) is 1. The summed E-state index contributed by atoms with van der Waals surface area (Å²) in [5.74, 6) is 0.826. The first kappa shape index (κ1) is 25.0. The molecule has 8 heteroatoms. The molecule has 186 valence electrons. The second-order valence-corrected chi connectivity index (χ2v) is 11.0. The first-order chi connectivity index (χ1) is 17.3. The zero-order valence-electron chi connectivity index (χ0n) is 19.8. The van der Waals surface area contributed by atoms with Crippen LogP contribution in [-0.4, -0.2) is 24.1 Å². The van der Waals surface area contributed by atoms with E-state index >= 15 is 0 Å². The lowest BCUT2D eigenvalue weighted by molar-refractivity contribution is -0.119. The maximum Gasteiger partial charge on any atom is 0.262 e. The molecule has 1 heterocycles. The molecule has 2 aromatic carbocycles. The minimum absolute atomic E-state index is 0.00888. The average Bonchev–Trinajstić information content (AvgIpc) is 2.82. The van der Waals surface area contributed by atoms with Gasteiger partial charge in [-0.05, 0) is 65.5 Å². The average molecular weight is 615 g/mol. The van der Waals surface area contributed by atoms with Crippen LogP contribution in [0, 0.1) is 6.92 Å². The van der Waals surface area contributed by atoms with Crippen molar-refractivity contribution < 1.29 is 23.9 Å². The highest BCUT2D eigenvalue weighted by atomic mass is 79.9. The molecule has 0 saturated carbocycles. The Morgan fingerprint density at radius 1 is 1.00 bits per heavy atom. The van der Waals surface area contributed by atoms with Gasteiger partial charge in [-0.15, -0.1) is 0 Å². The fourth-order valence-electron chi connectivity index (χ4n) is 5.13. The highest BCUT2D eigenvalue weighted by molar-refractivity contribution is 9.11. The van der Waals surface area contributed by atoms with Gasteiger partial charge < -0.3 is 14.8 Å². The number of Topliss-reactive ketones (excluding diaryl/α,β-unsaturated/α-hetero) is 2. The number of halogens is 2. The first-order valence-electron chi connectivity index (χ1n) is 12.0. The van der Waals surface area contributed by atoms with Crippen LogP contribution in [0.3, 0.4) is 0 Å². The van der Waals surface area contributed by atoms with Crippen LogP contribution in [-0.2, 0) is 19.1 Å². The lowest BCUT2D eigenvalue weighted by Crippen LogP contribution is -2.31. The van der Waals surface area contributed by atoms with E-state index in [9.17, 15) is 14.4 Å². The molecule has 36 heavy (non-hydrogen) atoms. The third kappa shape index (κ3) is 4.93. The van der Waals surface area contributed by atoms with Crippen molar-refractivity contribution in [1.29, 1.82) is 0 Å². The summed E-state index contributed by atoms with van der Waals surface area (Å²) in [6.45, 7) is 1.72. The lowest BCUT2D eigenvalue weighted by atomic mass is 9.73. The van der Waals surface area contributed by atoms with Crippen LogP contribution in [0.4, 0.5) is 5.69 Å². The van der Waals surface area contributed by atoms with E-state index in [4.69, 9.17) is 9.47 Å². The second-order valence-electron chi connectivity index (χ2n) is 9.27. The molecule has 0 spiro atoms. The van der Waals surface area contributed by atoms with Gasteiger partial charge in [0.2, 0.25) is 0 Å². The van der Waals surface area contributed by atoms with E-state index in [-0.39, 0.29) is 24.1 Å². The smallest absolute Gasteiger partial charge is 0.262 e. The number of ether oxygens (including phenoxy) is 2. The minimum Gasteiger partial charge on any atom is -0.482 e. The van der Waals surface area contributed by atoms with E-state index in [1.54, 1.807) is 0 Å². The van der Waals surface area contributed by atoms with Crippen LogP contribution < -0.4 is 10.1 Å². The van der Waals surface area contributed by atoms with Gasteiger partial charge >= 0.3 is 0 Å². The monoisotopic (exact) mass is 613 g/mol. The van der Waals surface area contributed by atoms with Gasteiger partial charge in [-0.3, -0.25) is 14.4 Å². The van der Waals surface area contributed by atoms with Crippen LogP contribution in [0.5, 0.6) is 5.75 Å². The summed E-state index contributed by atoms with van der Waals surface area (Å²) in [5, 5.41) is 2.85. The molecule has 3 aliphatic rings. The molecule has 0 bridgehead atoms. The molecule has 1 amide bonds. The highest BCUT2D eigenvalue weighted by Crippen LogP contribution is 2.51. The van der Waals surface area contributed by atoms with E-state index in [2.05, 4.69) is 37.2 Å². The van der Waals surface area contributed by atoms with Gasteiger partial charge in [-0.25, -0.2) is 0 Å². The third-order valence-corrected chi connectivity index (χ3v) is 7.69. The number of carbonyl (C=O) groups is 3. The highest BCUT2D eigenvalue weighted by Gasteiger charge is 2.43. The van der Waals surface area contributed by atoms with Crippen molar-refractivity contribution in [3.05, 3.63) is 79.1 Å². The quantitative estimate of drug-likeness (QED) is 0.407. The number of ketones is 2. The SMILES string of the molecule is Cc1cccc(NC(=O)COc2c(Br)cc(Br)cc2C2C3=C(CCCC3=O)OC3=C2C(=O)CCC3)c1. The summed E-state index contributed by atoms with van der Waals surface area (Å²) in [5.41, 5.74) is 3.46. The van der Waals surface area contributed by atoms with Crippen LogP contribution >= 0.6 is 31.9 Å². The van der Waals surface area contributed by atoms with Crippen molar-refractivity contribution in [1.82, 2.24) is 0 Å². The van der Waals surface area contributed by atoms with Crippen molar-refractivity contribution in [2.24, 2.45) is 0 Å². The Labute approximate surface area is 226 Å². The molecule has 2 aliphatic carbocycles. The summed E-state index contributed by atoms with van der Waals surface area (Å²) >= 11 is 7.13. The zero-order chi connectivity index (χ0) is 25.4. The molecular weight excluding hydrogens is 590 g/mol. The number of anilines is 1. The Hall–Kier alpha value is -2.71. The van der Waals surface area contributed by atoms with Gasteiger partial charge in [-0.2, -0.15) is 0 Å². The summed E-state index contributed by atoms with van der Waals surface area (Å²) in [6.07, 6.45) is 3.61. The van der Waals surface area contributed by atoms with E-state index < -0.39 is 5.92 Å². The third-order valence-electron chi connectivity index (χ3n) is 6.64. The van der Waals surface area contributed by atoms with Gasteiger partial charge in [-0.1, -0.05) is 28.1 Å². The Bertz CT molecular complexity index is 1300. The summed E-state index contributed by atoms with van der Waals surface area (Å²) < 4.78 is 13.6. The number of benzene rings is 2. The van der Waals surface area contributed by atoms with E-state index in [1.165, 1.54) is 0 Å². The van der Waals surface area contributed by atoms with Crippen molar-refractivity contribution in [2.45, 2.75) is 51.4 Å². The second kappa shape index (κ2) is 10.3. The molecular formula is C28H25Br2NO5. The first-order valence-corrected chi connectivity index (χ1v) is 13.6. The summed E-state index contributed by atoms with van der Waals surface area (Å²) in [4.78, 5) is 39.1. The van der Waals surface area contributed by atoms with Crippen LogP contribution in [0.2, 0.25) is 0 Å². The van der Waals surface area contributed by atoms with Crippen LogP contribution in [0.15, 0.2) is 68.0 Å². The number of aryl methyl sites for hydroxylation is 1. The lowest BCUT2D eigenvalue weighted by Gasteiger charge is -2.36. The molecule has 6 nitrogen and oxygen atoms in total. The Kier molecular flexibility index (Phi) is 7.17. The maximum absolute atomic E-state index is 13.2. The molecule has 0 saturated heterocycles. The van der Waals surface area contributed by atoms with E-state index in [0.717, 1.165) is 22.9 Å². The van der Waals surface area contributed by atoms with Gasteiger partial charge in [0, 0.05) is 52.6 Å². The zero-order valence-corrected chi connectivity index (χ0v) is 23.0. The number of amides is 1. The molecule has 0 fully saturated rings. The summed E-state index contributed by atoms with van der Waals surface area (Å²) in [7, 11) is 0. The van der Waals surface area contributed by atoms with E-state index in [1.807, 2.05) is 43.3 Å². The molecule has 1 N–H and O–H groups in total. The topological polar surface area (TPSA) is 81.7 Å². The maximum atomic E-state index is 13.2. The molecule has 0 radical (unpaired) electrons. The Morgan fingerprint density at radius 2 is 1.67 bits per heavy atom. The van der Waals surface area contributed by atoms with E-state index in [0.29, 0.717) is 69.8 Å². The number of nitrogens with one attached hydrogen (secondary N) is 1. The molecule has 2 aromatic rings. The standard InChI is InChI=1S/C28H25Br2NO5/c1-15-5-2-6-17(11-15)31-24(34)14-35-28-18(12-16(29)13-19(28)30)25-26-20(32)7-3-9-22(26)36-23-10-4-8-21(33)27(23)25/h2,5-6,11-13,25H,3-4,7-10,14H2,1H3,(H,31,34). The molecule has 5 rings (SSSR count). The minimum atomic E-state index is -0.590. The number of allylic oxidation sites excluding steroid dienone is 4. The Balaban J connectivity index is 1.53. The number of hydrogen-bond acceptors (Lipinski definition) is 5. The largest absolute Gasteiger partial charge is 0.482 e. The van der Waals surface area contributed by atoms with Crippen molar-refractivity contribution in [2.75, 3.05) is 11.9 Å². The number of carbonyl (C=O) groups excluding carboxylic acids is 3. The number of rotatable bonds is 5. The van der Waals surface area contributed by atoms with Crippen molar-refractivity contribution >= 4 is 55.0 Å². The van der Waals surface area contributed by atoms with Crippen molar-refractivity contribution in [3.63, 3.8) is 0 Å². The normalized spacial score (nSPS) is 18.0.